The Morgan fingerprint density at radius 3 is 2.49 bits per heavy atom. The average Bonchev–Trinajstić information content (AvgIpc) is 2.88. The van der Waals surface area contributed by atoms with Gasteiger partial charge in [0.1, 0.15) is 6.73 Å². The number of rotatable bonds is 4. The Labute approximate surface area is 207 Å². The maximum absolute atomic E-state index is 5.75. The summed E-state index contributed by atoms with van der Waals surface area (Å²) in [6, 6.07) is 26.4. The summed E-state index contributed by atoms with van der Waals surface area (Å²) in [5, 5.41) is 8.76. The van der Waals surface area contributed by atoms with Gasteiger partial charge in [-0.05, 0) is 35.4 Å². The van der Waals surface area contributed by atoms with E-state index in [0.29, 0.717) is 13.3 Å². The number of ether oxygens (including phenoxy) is 1. The maximum atomic E-state index is 5.75. The lowest BCUT2D eigenvalue weighted by molar-refractivity contribution is 0.103. The normalized spacial score (nSPS) is 24.2. The van der Waals surface area contributed by atoms with Crippen LogP contribution < -0.4 is 10.7 Å². The van der Waals surface area contributed by atoms with Gasteiger partial charge in [-0.15, -0.1) is 0 Å². The zero-order valence-electron chi connectivity index (χ0n) is 20.3. The van der Waals surface area contributed by atoms with Crippen LogP contribution in [0, 0.1) is 0 Å². The summed E-state index contributed by atoms with van der Waals surface area (Å²) in [4.78, 5) is 4.95. The Kier molecular flexibility index (Phi) is 6.25. The van der Waals surface area contributed by atoms with Crippen molar-refractivity contribution in [3.8, 4) is 0 Å². The molecule has 180 valence electrons. The summed E-state index contributed by atoms with van der Waals surface area (Å²) in [7, 11) is 2.20. The number of piperazine rings is 1. The predicted molar refractivity (Wildman–Crippen MR) is 141 cm³/mol. The van der Waals surface area contributed by atoms with E-state index in [-0.39, 0.29) is 12.0 Å². The highest BCUT2D eigenvalue weighted by atomic mass is 16.5. The number of nitrogens with zero attached hydrogens (tertiary/aromatic N) is 3. The Morgan fingerprint density at radius 2 is 1.69 bits per heavy atom. The Hall–Kier alpha value is -3.19. The summed E-state index contributed by atoms with van der Waals surface area (Å²) in [5.41, 5.74) is 11.6. The molecule has 3 aliphatic rings. The molecule has 0 bridgehead atoms. The van der Waals surface area contributed by atoms with Gasteiger partial charge in [0.2, 0.25) is 0 Å². The van der Waals surface area contributed by atoms with E-state index < -0.39 is 0 Å². The van der Waals surface area contributed by atoms with E-state index in [1.807, 2.05) is 0 Å². The Bertz CT molecular complexity index is 1190. The van der Waals surface area contributed by atoms with Gasteiger partial charge in [-0.2, -0.15) is 5.10 Å². The van der Waals surface area contributed by atoms with Crippen LogP contribution in [0.15, 0.2) is 77.9 Å². The topological polar surface area (TPSA) is 52.1 Å². The second-order valence-corrected chi connectivity index (χ2v) is 9.82. The molecule has 3 aromatic carbocycles. The molecule has 2 unspecified atom stereocenters. The number of hydrogen-bond donors (Lipinski definition) is 2. The van der Waals surface area contributed by atoms with E-state index in [1.54, 1.807) is 0 Å². The predicted octanol–water partition coefficient (Wildman–Crippen LogP) is 4.17. The number of hydrogen-bond acceptors (Lipinski definition) is 6. The van der Waals surface area contributed by atoms with Crippen molar-refractivity contribution in [1.29, 1.82) is 0 Å². The van der Waals surface area contributed by atoms with E-state index >= 15 is 0 Å². The molecule has 0 amide bonds. The third kappa shape index (κ3) is 4.57. The minimum atomic E-state index is 0.0822. The Morgan fingerprint density at radius 1 is 0.886 bits per heavy atom. The van der Waals surface area contributed by atoms with Crippen LogP contribution in [-0.4, -0.2) is 55.5 Å². The van der Waals surface area contributed by atoms with Gasteiger partial charge in [0.15, 0.2) is 0 Å². The molecule has 35 heavy (non-hydrogen) atoms. The van der Waals surface area contributed by atoms with Gasteiger partial charge < -0.3 is 15.0 Å². The van der Waals surface area contributed by atoms with Crippen LogP contribution in [0.25, 0.3) is 0 Å². The first kappa shape index (κ1) is 22.3. The summed E-state index contributed by atoms with van der Waals surface area (Å²) in [6.07, 6.45) is 0. The molecule has 6 rings (SSSR count). The van der Waals surface area contributed by atoms with Gasteiger partial charge in [-0.25, -0.2) is 0 Å². The van der Waals surface area contributed by atoms with Gasteiger partial charge >= 0.3 is 0 Å². The molecular formula is C29H33N5O. The second-order valence-electron chi connectivity index (χ2n) is 9.82. The number of hydrazone groups is 1. The van der Waals surface area contributed by atoms with Crippen molar-refractivity contribution in [1.82, 2.24) is 15.2 Å². The van der Waals surface area contributed by atoms with Gasteiger partial charge in [0.05, 0.1) is 24.3 Å². The highest BCUT2D eigenvalue weighted by molar-refractivity contribution is 6.12. The smallest absolute Gasteiger partial charge is 0.132 e. The molecule has 2 N–H and O–H groups in total. The summed E-state index contributed by atoms with van der Waals surface area (Å²) in [6.45, 7) is 6.55. The molecule has 1 fully saturated rings. The first-order valence-electron chi connectivity index (χ1n) is 12.6. The molecule has 3 aliphatic heterocycles. The van der Waals surface area contributed by atoms with E-state index in [2.05, 4.69) is 100 Å². The van der Waals surface area contributed by atoms with E-state index in [1.165, 1.54) is 22.3 Å². The first-order valence-corrected chi connectivity index (χ1v) is 12.6. The van der Waals surface area contributed by atoms with E-state index in [9.17, 15) is 0 Å². The van der Waals surface area contributed by atoms with Crippen molar-refractivity contribution in [3.63, 3.8) is 0 Å². The molecule has 3 heterocycles. The monoisotopic (exact) mass is 467 g/mol. The molecule has 0 radical (unpaired) electrons. The fraction of sp³-hybridized carbons (Fsp3) is 0.345. The van der Waals surface area contributed by atoms with E-state index in [4.69, 9.17) is 9.84 Å². The lowest BCUT2D eigenvalue weighted by atomic mass is 9.76. The largest absolute Gasteiger partial charge is 0.377 e. The third-order valence-corrected chi connectivity index (χ3v) is 7.47. The minimum Gasteiger partial charge on any atom is -0.377 e. The van der Waals surface area contributed by atoms with Crippen molar-refractivity contribution < 1.29 is 4.74 Å². The zero-order valence-corrected chi connectivity index (χ0v) is 20.3. The van der Waals surface area contributed by atoms with Gasteiger partial charge in [-0.3, -0.25) is 10.3 Å². The summed E-state index contributed by atoms with van der Waals surface area (Å²) < 4.78 is 5.75. The van der Waals surface area contributed by atoms with Crippen LogP contribution in [0.1, 0.15) is 39.8 Å². The highest BCUT2D eigenvalue weighted by Crippen LogP contribution is 2.44. The quantitative estimate of drug-likeness (QED) is 0.603. The molecule has 0 saturated carbocycles. The maximum Gasteiger partial charge on any atom is 0.132 e. The van der Waals surface area contributed by atoms with Crippen LogP contribution in [-0.2, 0) is 17.9 Å². The first-order chi connectivity index (χ1) is 17.3. The summed E-state index contributed by atoms with van der Waals surface area (Å²) in [5.74, 6) is 0.0823. The number of anilines is 1. The number of nitrogens with one attached hydrogen (secondary N) is 2. The molecule has 2 atom stereocenters. The van der Waals surface area contributed by atoms with Gasteiger partial charge in [0, 0.05) is 44.0 Å². The molecule has 0 aromatic heterocycles. The van der Waals surface area contributed by atoms with Crippen molar-refractivity contribution in [2.75, 3.05) is 45.3 Å². The lowest BCUT2D eigenvalue weighted by Gasteiger charge is -2.38. The molecule has 6 heteroatoms. The van der Waals surface area contributed by atoms with Gasteiger partial charge in [0.25, 0.3) is 0 Å². The number of likely N-dealkylation sites (N-methyl/N-ethyl adjacent to an activating group) is 1. The van der Waals surface area contributed by atoms with Crippen LogP contribution in [0.2, 0.25) is 0 Å². The SMILES string of the molecule is CN1CCN(Cc2ccc(C3Nc4cccc5c4/C(=N\NCOC5)C3c3ccccc3)cc2)CC1. The van der Waals surface area contributed by atoms with Crippen LogP contribution >= 0.6 is 0 Å². The molecule has 0 aliphatic carbocycles. The van der Waals surface area contributed by atoms with E-state index in [0.717, 1.165) is 49.7 Å². The fourth-order valence-electron chi connectivity index (χ4n) is 5.54. The second kappa shape index (κ2) is 9.82. The molecule has 3 aromatic rings. The molecule has 0 spiro atoms. The average molecular weight is 468 g/mol. The molecular weight excluding hydrogens is 434 g/mol. The minimum absolute atomic E-state index is 0.0822. The standard InChI is InChI=1S/C29H33N5O/c1-33-14-16-34(17-15-33)18-21-10-12-23(13-11-21)28-27(22-6-3-2-4-7-22)29-26-24(19-35-20-30-32-29)8-5-9-25(26)31-28/h2-13,27-28,30-31H,14-20H2,1H3/b32-29+. The third-order valence-electron chi connectivity index (χ3n) is 7.47. The molecule has 6 nitrogen and oxygen atoms in total. The van der Waals surface area contributed by atoms with Crippen molar-refractivity contribution in [2.24, 2.45) is 5.10 Å². The summed E-state index contributed by atoms with van der Waals surface area (Å²) >= 11 is 0. The fourth-order valence-corrected chi connectivity index (χ4v) is 5.54. The van der Waals surface area contributed by atoms with Crippen molar-refractivity contribution in [3.05, 3.63) is 101 Å². The number of benzene rings is 3. The lowest BCUT2D eigenvalue weighted by Crippen LogP contribution is -2.43. The van der Waals surface area contributed by atoms with Crippen molar-refractivity contribution >= 4 is 11.4 Å². The highest BCUT2D eigenvalue weighted by Gasteiger charge is 2.37. The van der Waals surface area contributed by atoms with Gasteiger partial charge in [-0.1, -0.05) is 66.7 Å². The Balaban J connectivity index is 1.36. The zero-order chi connectivity index (χ0) is 23.6. The van der Waals surface area contributed by atoms with Crippen molar-refractivity contribution in [2.45, 2.75) is 25.1 Å². The molecule has 1 saturated heterocycles. The van der Waals surface area contributed by atoms with Crippen LogP contribution in [0.3, 0.4) is 0 Å². The van der Waals surface area contributed by atoms with Crippen LogP contribution in [0.4, 0.5) is 5.69 Å². The van der Waals surface area contributed by atoms with Crippen LogP contribution in [0.5, 0.6) is 0 Å².